The first-order valence-corrected chi connectivity index (χ1v) is 8.81. The van der Waals surface area contributed by atoms with Gasteiger partial charge in [-0.2, -0.15) is 5.10 Å². The van der Waals surface area contributed by atoms with Crippen molar-refractivity contribution in [1.82, 2.24) is 15.1 Å². The molecule has 0 bridgehead atoms. The van der Waals surface area contributed by atoms with Gasteiger partial charge in [0.15, 0.2) is 0 Å². The summed E-state index contributed by atoms with van der Waals surface area (Å²) in [6.45, 7) is 4.68. The molecular weight excluding hydrogens is 316 g/mol. The third-order valence-corrected chi connectivity index (χ3v) is 4.06. The zero-order chi connectivity index (χ0) is 18.1. The van der Waals surface area contributed by atoms with Crippen LogP contribution in [0.15, 0.2) is 47.3 Å². The molecule has 1 heterocycles. The summed E-state index contributed by atoms with van der Waals surface area (Å²) >= 11 is 0. The topological polar surface area (TPSA) is 68.4 Å². The fraction of sp³-hybridized carbons (Fsp3) is 0.421. The highest BCUT2D eigenvalue weighted by Gasteiger charge is 2.08. The highest BCUT2D eigenvalue weighted by Crippen LogP contribution is 2.13. The maximum Gasteiger partial charge on any atom is 0.267 e. The molecule has 6 nitrogen and oxygen atoms in total. The molecule has 2 rings (SSSR count). The van der Waals surface area contributed by atoms with Gasteiger partial charge in [-0.25, -0.2) is 4.68 Å². The van der Waals surface area contributed by atoms with Gasteiger partial charge < -0.3 is 10.2 Å². The number of benzene rings is 1. The zero-order valence-corrected chi connectivity index (χ0v) is 15.0. The number of nitrogens with zero attached hydrogens (tertiary/aromatic N) is 2. The standard InChI is InChI=1S/C19H26N4O2/c1-3-4-13-22(2)14-12-20-18(24)15-23-19(25)11-10-17(21-23)16-8-6-5-7-9-16/h5-11H,3-4,12-15H2,1-2H3,(H,20,24)/p+1. The first kappa shape index (κ1) is 18.9. The van der Waals surface area contributed by atoms with Crippen molar-refractivity contribution in [3.63, 3.8) is 0 Å². The minimum absolute atomic E-state index is 0.0620. The molecule has 0 saturated carbocycles. The number of unbranched alkanes of at least 4 members (excludes halogenated alkanes) is 1. The smallest absolute Gasteiger partial charge is 0.267 e. The van der Waals surface area contributed by atoms with Crippen molar-refractivity contribution in [2.75, 3.05) is 26.7 Å². The largest absolute Gasteiger partial charge is 0.349 e. The Labute approximate surface area is 148 Å². The summed E-state index contributed by atoms with van der Waals surface area (Å²) in [5, 5.41) is 7.17. The van der Waals surface area contributed by atoms with Crippen molar-refractivity contribution in [3.8, 4) is 11.3 Å². The van der Waals surface area contributed by atoms with Crippen LogP contribution in [0.25, 0.3) is 11.3 Å². The molecule has 0 spiro atoms. The fourth-order valence-electron chi connectivity index (χ4n) is 2.54. The number of carbonyl (C=O) groups excluding carboxylic acids is 1. The first-order chi connectivity index (χ1) is 12.1. The molecule has 0 aliphatic rings. The second-order valence-corrected chi connectivity index (χ2v) is 6.24. The minimum atomic E-state index is -0.277. The number of amides is 1. The quantitative estimate of drug-likeness (QED) is 0.690. The maximum atomic E-state index is 12.1. The van der Waals surface area contributed by atoms with Crippen LogP contribution >= 0.6 is 0 Å². The molecule has 1 amide bonds. The Morgan fingerprint density at radius 2 is 1.92 bits per heavy atom. The van der Waals surface area contributed by atoms with Gasteiger partial charge in [0, 0.05) is 11.6 Å². The molecule has 0 aliphatic carbocycles. The van der Waals surface area contributed by atoms with Crippen LogP contribution in [-0.4, -0.2) is 42.4 Å². The number of rotatable bonds is 9. The van der Waals surface area contributed by atoms with E-state index in [4.69, 9.17) is 0 Å². The molecule has 2 aromatic rings. The Bertz CT molecular complexity index is 728. The summed E-state index contributed by atoms with van der Waals surface area (Å²) < 4.78 is 1.21. The molecule has 0 aliphatic heterocycles. The minimum Gasteiger partial charge on any atom is -0.349 e. The number of aromatic nitrogens is 2. The normalized spacial score (nSPS) is 11.9. The number of hydrogen-bond donors (Lipinski definition) is 2. The summed E-state index contributed by atoms with van der Waals surface area (Å²) in [4.78, 5) is 25.4. The van der Waals surface area contributed by atoms with Crippen LogP contribution in [0.4, 0.5) is 0 Å². The molecule has 25 heavy (non-hydrogen) atoms. The first-order valence-electron chi connectivity index (χ1n) is 8.81. The Hall–Kier alpha value is -2.47. The van der Waals surface area contributed by atoms with Gasteiger partial charge in [0.25, 0.3) is 5.56 Å². The second-order valence-electron chi connectivity index (χ2n) is 6.24. The van der Waals surface area contributed by atoms with E-state index in [0.717, 1.165) is 18.7 Å². The average molecular weight is 343 g/mol. The second kappa shape index (κ2) is 9.74. The SMILES string of the molecule is CCCC[NH+](C)CCNC(=O)Cn1nc(-c2ccccc2)ccc1=O. The average Bonchev–Trinajstić information content (AvgIpc) is 2.62. The molecule has 134 valence electrons. The van der Waals surface area contributed by atoms with E-state index in [9.17, 15) is 9.59 Å². The highest BCUT2D eigenvalue weighted by molar-refractivity contribution is 5.75. The molecule has 1 unspecified atom stereocenters. The molecule has 1 aromatic carbocycles. The van der Waals surface area contributed by atoms with Crippen LogP contribution in [0.3, 0.4) is 0 Å². The van der Waals surface area contributed by atoms with Crippen LogP contribution in [0.5, 0.6) is 0 Å². The molecule has 1 aromatic heterocycles. The molecule has 6 heteroatoms. The lowest BCUT2D eigenvalue weighted by Crippen LogP contribution is -3.09. The van der Waals surface area contributed by atoms with Crippen LogP contribution in [0.2, 0.25) is 0 Å². The van der Waals surface area contributed by atoms with Gasteiger partial charge in [-0.05, 0) is 12.5 Å². The van der Waals surface area contributed by atoms with Crippen LogP contribution in [0, 0.1) is 0 Å². The molecule has 0 saturated heterocycles. The lowest BCUT2D eigenvalue weighted by atomic mass is 10.1. The molecule has 2 N–H and O–H groups in total. The number of quaternary nitrogens is 1. The number of hydrogen-bond acceptors (Lipinski definition) is 3. The summed E-state index contributed by atoms with van der Waals surface area (Å²) in [5.41, 5.74) is 1.31. The van der Waals surface area contributed by atoms with E-state index < -0.39 is 0 Å². The predicted molar refractivity (Wildman–Crippen MR) is 98.5 cm³/mol. The van der Waals surface area contributed by atoms with E-state index in [1.807, 2.05) is 30.3 Å². The number of carbonyl (C=O) groups is 1. The van der Waals surface area contributed by atoms with Crippen molar-refractivity contribution < 1.29 is 9.69 Å². The van der Waals surface area contributed by atoms with E-state index in [1.165, 1.54) is 28.5 Å². The van der Waals surface area contributed by atoms with E-state index in [-0.39, 0.29) is 18.0 Å². The fourth-order valence-corrected chi connectivity index (χ4v) is 2.54. The Balaban J connectivity index is 1.91. The van der Waals surface area contributed by atoms with Crippen molar-refractivity contribution in [2.45, 2.75) is 26.3 Å². The van der Waals surface area contributed by atoms with E-state index >= 15 is 0 Å². The Morgan fingerprint density at radius 1 is 1.16 bits per heavy atom. The number of nitrogens with one attached hydrogen (secondary N) is 2. The molecule has 1 atom stereocenters. The third kappa shape index (κ3) is 6.15. The number of likely N-dealkylation sites (N-methyl/N-ethyl adjacent to an activating group) is 1. The van der Waals surface area contributed by atoms with Gasteiger partial charge in [0.2, 0.25) is 5.91 Å². The van der Waals surface area contributed by atoms with Gasteiger partial charge in [0.05, 0.1) is 32.4 Å². The van der Waals surface area contributed by atoms with E-state index in [2.05, 4.69) is 24.4 Å². The van der Waals surface area contributed by atoms with Gasteiger partial charge in [-0.3, -0.25) is 9.59 Å². The zero-order valence-electron chi connectivity index (χ0n) is 15.0. The third-order valence-electron chi connectivity index (χ3n) is 4.06. The van der Waals surface area contributed by atoms with Gasteiger partial charge in [-0.1, -0.05) is 43.7 Å². The van der Waals surface area contributed by atoms with Crippen LogP contribution in [0.1, 0.15) is 19.8 Å². The summed E-state index contributed by atoms with van der Waals surface area (Å²) in [6, 6.07) is 12.7. The maximum absolute atomic E-state index is 12.1. The summed E-state index contributed by atoms with van der Waals surface area (Å²) in [5.74, 6) is -0.192. The lowest BCUT2D eigenvalue weighted by Gasteiger charge is -2.14. The molecule has 0 fully saturated rings. The predicted octanol–water partition coefficient (Wildman–Crippen LogP) is 0.341. The van der Waals surface area contributed by atoms with Crippen molar-refractivity contribution in [3.05, 3.63) is 52.8 Å². The van der Waals surface area contributed by atoms with Gasteiger partial charge >= 0.3 is 0 Å². The summed E-state index contributed by atoms with van der Waals surface area (Å²) in [7, 11) is 2.12. The lowest BCUT2D eigenvalue weighted by molar-refractivity contribution is -0.878. The van der Waals surface area contributed by atoms with Crippen LogP contribution < -0.4 is 15.8 Å². The summed E-state index contributed by atoms with van der Waals surface area (Å²) in [6.07, 6.45) is 2.36. The molecule has 0 radical (unpaired) electrons. The highest BCUT2D eigenvalue weighted by atomic mass is 16.2. The Kier molecular flexibility index (Phi) is 7.35. The van der Waals surface area contributed by atoms with Crippen LogP contribution in [-0.2, 0) is 11.3 Å². The Morgan fingerprint density at radius 3 is 2.64 bits per heavy atom. The van der Waals surface area contributed by atoms with Crippen molar-refractivity contribution in [2.24, 2.45) is 0 Å². The monoisotopic (exact) mass is 343 g/mol. The van der Waals surface area contributed by atoms with Gasteiger partial charge in [0.1, 0.15) is 6.54 Å². The van der Waals surface area contributed by atoms with E-state index in [1.54, 1.807) is 6.07 Å². The van der Waals surface area contributed by atoms with Crippen molar-refractivity contribution >= 4 is 5.91 Å². The molecular formula is C19H27N4O2+. The van der Waals surface area contributed by atoms with Gasteiger partial charge in [-0.15, -0.1) is 0 Å². The van der Waals surface area contributed by atoms with Crippen molar-refractivity contribution in [1.29, 1.82) is 0 Å². The van der Waals surface area contributed by atoms with E-state index in [0.29, 0.717) is 12.2 Å².